The zero-order valence-corrected chi connectivity index (χ0v) is 13.8. The van der Waals surface area contributed by atoms with Gasteiger partial charge in [-0.05, 0) is 23.8 Å². The summed E-state index contributed by atoms with van der Waals surface area (Å²) in [5, 5.41) is 21.4. The lowest BCUT2D eigenvalue weighted by Gasteiger charge is -2.13. The third kappa shape index (κ3) is 3.72. The van der Waals surface area contributed by atoms with Crippen LogP contribution in [0.5, 0.6) is 11.5 Å². The lowest BCUT2D eigenvalue weighted by atomic mass is 10.0. The van der Waals surface area contributed by atoms with Crippen molar-refractivity contribution in [1.29, 1.82) is 0 Å². The topological polar surface area (TPSA) is 72.6 Å². The molecule has 0 spiro atoms. The van der Waals surface area contributed by atoms with E-state index in [-0.39, 0.29) is 28.6 Å². The Morgan fingerprint density at radius 1 is 1.04 bits per heavy atom. The number of phenolic OH excluding ortho intramolecular Hbond substituents is 1. The quantitative estimate of drug-likeness (QED) is 0.504. The van der Waals surface area contributed by atoms with Gasteiger partial charge in [-0.15, -0.1) is 0 Å². The molecule has 0 saturated heterocycles. The highest BCUT2D eigenvalue weighted by molar-refractivity contribution is 6.34. The van der Waals surface area contributed by atoms with Crippen molar-refractivity contribution >= 4 is 17.3 Å². The molecular weight excluding hydrogens is 342 g/mol. The lowest BCUT2D eigenvalue weighted by molar-refractivity contribution is -0.384. The molecule has 0 amide bonds. The molecule has 126 valence electrons. The zero-order valence-electron chi connectivity index (χ0n) is 13.1. The molecule has 0 saturated carbocycles. The van der Waals surface area contributed by atoms with Gasteiger partial charge in [-0.1, -0.05) is 48.0 Å². The van der Waals surface area contributed by atoms with E-state index in [9.17, 15) is 15.2 Å². The number of aromatic hydroxyl groups is 1. The fourth-order valence-electron chi connectivity index (χ4n) is 2.50. The van der Waals surface area contributed by atoms with Gasteiger partial charge >= 0.3 is 0 Å². The van der Waals surface area contributed by atoms with Gasteiger partial charge in [0.2, 0.25) is 0 Å². The first-order chi connectivity index (χ1) is 12.1. The van der Waals surface area contributed by atoms with Gasteiger partial charge in [0.05, 0.1) is 15.5 Å². The normalized spacial score (nSPS) is 10.4. The second-order valence-corrected chi connectivity index (χ2v) is 5.75. The second-order valence-electron chi connectivity index (χ2n) is 5.35. The van der Waals surface area contributed by atoms with Crippen molar-refractivity contribution in [1.82, 2.24) is 0 Å². The number of benzene rings is 3. The Balaban J connectivity index is 2.05. The number of nitro benzene ring substituents is 1. The Morgan fingerprint density at radius 2 is 1.80 bits per heavy atom. The summed E-state index contributed by atoms with van der Waals surface area (Å²) in [6, 6.07) is 18.4. The number of halogens is 1. The number of nitrogens with zero attached hydrogens (tertiary/aromatic N) is 1. The average Bonchev–Trinajstić information content (AvgIpc) is 2.61. The van der Waals surface area contributed by atoms with Gasteiger partial charge in [-0.2, -0.15) is 0 Å². The molecule has 0 aromatic heterocycles. The van der Waals surface area contributed by atoms with Crippen molar-refractivity contribution in [3.63, 3.8) is 0 Å². The van der Waals surface area contributed by atoms with E-state index in [0.29, 0.717) is 11.3 Å². The minimum absolute atomic E-state index is 0.00141. The number of hydrogen-bond donors (Lipinski definition) is 1. The van der Waals surface area contributed by atoms with Crippen molar-refractivity contribution in [2.45, 2.75) is 6.61 Å². The van der Waals surface area contributed by atoms with Crippen LogP contribution in [0.15, 0.2) is 66.7 Å². The summed E-state index contributed by atoms with van der Waals surface area (Å²) in [5.74, 6) is 0.321. The van der Waals surface area contributed by atoms with Gasteiger partial charge in [0.25, 0.3) is 5.69 Å². The summed E-state index contributed by atoms with van der Waals surface area (Å²) >= 11 is 6.21. The summed E-state index contributed by atoms with van der Waals surface area (Å²) in [6.45, 7) is 0.259. The number of nitro groups is 1. The molecule has 0 aliphatic rings. The molecule has 0 bridgehead atoms. The molecule has 3 aromatic carbocycles. The Morgan fingerprint density at radius 3 is 2.52 bits per heavy atom. The second kappa shape index (κ2) is 7.23. The highest BCUT2D eigenvalue weighted by atomic mass is 35.5. The number of phenols is 1. The Hall–Kier alpha value is -3.05. The number of hydrogen-bond acceptors (Lipinski definition) is 4. The van der Waals surface area contributed by atoms with Crippen LogP contribution in [0.3, 0.4) is 0 Å². The van der Waals surface area contributed by atoms with Crippen molar-refractivity contribution in [3.8, 4) is 22.6 Å². The summed E-state index contributed by atoms with van der Waals surface area (Å²) in [5.41, 5.74) is 1.52. The summed E-state index contributed by atoms with van der Waals surface area (Å²) in [7, 11) is 0. The van der Waals surface area contributed by atoms with Crippen LogP contribution in [-0.4, -0.2) is 10.0 Å². The smallest absolute Gasteiger partial charge is 0.278 e. The monoisotopic (exact) mass is 355 g/mol. The number of rotatable bonds is 5. The molecular formula is C19H14ClNO4. The molecule has 3 aromatic rings. The molecule has 0 atom stereocenters. The van der Waals surface area contributed by atoms with E-state index >= 15 is 0 Å². The van der Waals surface area contributed by atoms with Crippen LogP contribution in [0.1, 0.15) is 5.56 Å². The first-order valence-electron chi connectivity index (χ1n) is 7.49. The zero-order chi connectivity index (χ0) is 17.8. The van der Waals surface area contributed by atoms with Gasteiger partial charge in [-0.25, -0.2) is 0 Å². The van der Waals surface area contributed by atoms with Crippen molar-refractivity contribution in [2.24, 2.45) is 0 Å². The largest absolute Gasteiger partial charge is 0.508 e. The Bertz CT molecular complexity index is 913. The summed E-state index contributed by atoms with van der Waals surface area (Å²) in [6.07, 6.45) is 0. The van der Waals surface area contributed by atoms with Crippen LogP contribution in [-0.2, 0) is 6.61 Å². The predicted molar refractivity (Wildman–Crippen MR) is 96.0 cm³/mol. The van der Waals surface area contributed by atoms with Crippen LogP contribution in [0.4, 0.5) is 5.69 Å². The van der Waals surface area contributed by atoms with E-state index in [4.69, 9.17) is 16.3 Å². The molecule has 0 aliphatic heterocycles. The summed E-state index contributed by atoms with van der Waals surface area (Å²) < 4.78 is 5.81. The van der Waals surface area contributed by atoms with E-state index in [1.807, 2.05) is 30.3 Å². The maximum absolute atomic E-state index is 11.4. The molecule has 6 heteroatoms. The van der Waals surface area contributed by atoms with E-state index in [1.54, 1.807) is 12.1 Å². The molecule has 0 fully saturated rings. The fourth-order valence-corrected chi connectivity index (χ4v) is 2.78. The fraction of sp³-hybridized carbons (Fsp3) is 0.0526. The van der Waals surface area contributed by atoms with Crippen LogP contribution in [0.2, 0.25) is 5.02 Å². The molecule has 5 nitrogen and oxygen atoms in total. The molecule has 0 aliphatic carbocycles. The molecule has 0 heterocycles. The van der Waals surface area contributed by atoms with E-state index in [0.717, 1.165) is 5.56 Å². The first kappa shape index (κ1) is 16.8. The van der Waals surface area contributed by atoms with Gasteiger partial charge < -0.3 is 9.84 Å². The Kier molecular flexibility index (Phi) is 4.86. The van der Waals surface area contributed by atoms with E-state index in [2.05, 4.69) is 0 Å². The van der Waals surface area contributed by atoms with Crippen LogP contribution < -0.4 is 4.74 Å². The number of ether oxygens (including phenoxy) is 1. The third-order valence-corrected chi connectivity index (χ3v) is 3.97. The van der Waals surface area contributed by atoms with Gasteiger partial charge in [0.1, 0.15) is 18.1 Å². The van der Waals surface area contributed by atoms with E-state index in [1.165, 1.54) is 24.3 Å². The van der Waals surface area contributed by atoms with Crippen LogP contribution in [0, 0.1) is 10.1 Å². The van der Waals surface area contributed by atoms with Crippen molar-refractivity contribution in [3.05, 3.63) is 87.4 Å². The third-order valence-electron chi connectivity index (χ3n) is 3.66. The van der Waals surface area contributed by atoms with Crippen LogP contribution >= 0.6 is 11.6 Å². The molecule has 1 N–H and O–H groups in total. The maximum Gasteiger partial charge on any atom is 0.278 e. The van der Waals surface area contributed by atoms with Gasteiger partial charge in [0.15, 0.2) is 0 Å². The van der Waals surface area contributed by atoms with Crippen molar-refractivity contribution in [2.75, 3.05) is 0 Å². The van der Waals surface area contributed by atoms with E-state index < -0.39 is 4.92 Å². The minimum atomic E-state index is -0.491. The molecule has 25 heavy (non-hydrogen) atoms. The van der Waals surface area contributed by atoms with Gasteiger partial charge in [0, 0.05) is 17.7 Å². The lowest BCUT2D eigenvalue weighted by Crippen LogP contribution is -1.99. The predicted octanol–water partition coefficient (Wildman–Crippen LogP) is 5.20. The molecule has 0 unspecified atom stereocenters. The summed E-state index contributed by atoms with van der Waals surface area (Å²) in [4.78, 5) is 10.9. The standard InChI is InChI=1S/C19H14ClNO4/c20-16-7-4-8-17(21(23)24)19(16)15-10-9-14(22)11-18(15)25-12-13-5-2-1-3-6-13/h1-11,22H,12H2. The average molecular weight is 356 g/mol. The highest BCUT2D eigenvalue weighted by Gasteiger charge is 2.22. The minimum Gasteiger partial charge on any atom is -0.508 e. The van der Waals surface area contributed by atoms with Crippen LogP contribution in [0.25, 0.3) is 11.1 Å². The molecule has 0 radical (unpaired) electrons. The first-order valence-corrected chi connectivity index (χ1v) is 7.87. The maximum atomic E-state index is 11.4. The SMILES string of the molecule is O=[N+]([O-])c1cccc(Cl)c1-c1ccc(O)cc1OCc1ccccc1. The van der Waals surface area contributed by atoms with Crippen molar-refractivity contribution < 1.29 is 14.8 Å². The Labute approximate surface area is 149 Å². The highest BCUT2D eigenvalue weighted by Crippen LogP contribution is 2.42. The van der Waals surface area contributed by atoms with Gasteiger partial charge in [-0.3, -0.25) is 10.1 Å². The molecule has 3 rings (SSSR count).